The van der Waals surface area contributed by atoms with Crippen molar-refractivity contribution in [3.05, 3.63) is 71.8 Å². The summed E-state index contributed by atoms with van der Waals surface area (Å²) in [6, 6.07) is 18.7. The van der Waals surface area contributed by atoms with Gasteiger partial charge in [-0.3, -0.25) is 0 Å². The zero-order valence-electron chi connectivity index (χ0n) is 21.8. The summed E-state index contributed by atoms with van der Waals surface area (Å²) in [7, 11) is 0. The van der Waals surface area contributed by atoms with E-state index in [0.717, 1.165) is 11.1 Å². The molecule has 0 bridgehead atoms. The van der Waals surface area contributed by atoms with Crippen LogP contribution in [0.15, 0.2) is 60.7 Å². The van der Waals surface area contributed by atoms with Gasteiger partial charge in [-0.25, -0.2) is 0 Å². The van der Waals surface area contributed by atoms with Crippen molar-refractivity contribution in [2.24, 2.45) is 0 Å². The lowest BCUT2D eigenvalue weighted by molar-refractivity contribution is -0.468. The van der Waals surface area contributed by atoms with Crippen molar-refractivity contribution < 1.29 is 59.1 Å². The van der Waals surface area contributed by atoms with Gasteiger partial charge in [0.15, 0.2) is 0 Å². The first kappa shape index (κ1) is 29.5. The summed E-state index contributed by atoms with van der Waals surface area (Å²) in [6.45, 7) is -0.863. The first-order valence-electron chi connectivity index (χ1n) is 13.2. The maximum atomic E-state index is 10.8. The van der Waals surface area contributed by atoms with Gasteiger partial charge in [-0.15, -0.1) is 0 Å². The highest BCUT2D eigenvalue weighted by molar-refractivity contribution is 5.14. The average Bonchev–Trinajstić information content (AvgIpc) is 2.98. The molecule has 3 aliphatic heterocycles. The molecule has 0 aromatic heterocycles. The second-order valence-corrected chi connectivity index (χ2v) is 10.4. The predicted octanol–water partition coefficient (Wildman–Crippen LogP) is -1.18. The van der Waals surface area contributed by atoms with Crippen LogP contribution < -0.4 is 0 Å². The van der Waals surface area contributed by atoms with Crippen molar-refractivity contribution in [1.82, 2.24) is 0 Å². The predicted molar refractivity (Wildman–Crippen MR) is 135 cm³/mol. The first-order valence-corrected chi connectivity index (χ1v) is 13.2. The minimum atomic E-state index is -1.92. The van der Waals surface area contributed by atoms with E-state index < -0.39 is 73.6 Å². The van der Waals surface area contributed by atoms with Crippen LogP contribution in [0.4, 0.5) is 0 Å². The van der Waals surface area contributed by atoms with Crippen molar-refractivity contribution in [1.29, 1.82) is 0 Å². The molecule has 0 aliphatic carbocycles. The SMILES string of the molecule is O[C@H]1[C@H](O)[C@H](O)[C@]2(CO[C@@]3(CO2)O[C@H](COCc2ccccc2)[C@@H](O)[C@H](O)[C@@H]3O)O[C@@H]1COCc1ccccc1. The number of ether oxygens (including phenoxy) is 6. The zero-order chi connectivity index (χ0) is 28.3. The van der Waals surface area contributed by atoms with Gasteiger partial charge >= 0.3 is 0 Å². The Morgan fingerprint density at radius 1 is 0.575 bits per heavy atom. The minimum Gasteiger partial charge on any atom is -0.387 e. The topological polar surface area (TPSA) is 177 Å². The Morgan fingerprint density at radius 2 is 0.950 bits per heavy atom. The minimum absolute atomic E-state index is 0.124. The van der Waals surface area contributed by atoms with Crippen molar-refractivity contribution in [2.45, 2.75) is 73.6 Å². The van der Waals surface area contributed by atoms with Crippen molar-refractivity contribution >= 4 is 0 Å². The molecule has 3 saturated heterocycles. The number of aliphatic hydroxyl groups is 6. The van der Waals surface area contributed by atoms with Gasteiger partial charge in [-0.2, -0.15) is 0 Å². The van der Waals surface area contributed by atoms with Gasteiger partial charge in [-0.1, -0.05) is 60.7 Å². The van der Waals surface area contributed by atoms with E-state index in [1.807, 2.05) is 60.7 Å². The molecule has 220 valence electrons. The van der Waals surface area contributed by atoms with Gasteiger partial charge in [0, 0.05) is 0 Å². The fourth-order valence-electron chi connectivity index (χ4n) is 5.13. The van der Waals surface area contributed by atoms with Gasteiger partial charge in [0.2, 0.25) is 11.6 Å². The van der Waals surface area contributed by atoms with Crippen molar-refractivity contribution in [3.8, 4) is 0 Å². The summed E-state index contributed by atoms with van der Waals surface area (Å²) < 4.78 is 34.9. The van der Waals surface area contributed by atoms with Crippen LogP contribution >= 0.6 is 0 Å². The van der Waals surface area contributed by atoms with Crippen LogP contribution in [0.1, 0.15) is 11.1 Å². The summed E-state index contributed by atoms with van der Waals surface area (Å²) in [5.74, 6) is -3.85. The summed E-state index contributed by atoms with van der Waals surface area (Å²) in [5.41, 5.74) is 1.79. The van der Waals surface area contributed by atoms with Gasteiger partial charge in [-0.05, 0) is 11.1 Å². The Hall–Kier alpha value is -2.04. The molecule has 40 heavy (non-hydrogen) atoms. The van der Waals surface area contributed by atoms with Crippen LogP contribution in [0.3, 0.4) is 0 Å². The highest BCUT2D eigenvalue weighted by Crippen LogP contribution is 2.41. The van der Waals surface area contributed by atoms with E-state index in [9.17, 15) is 30.6 Å². The van der Waals surface area contributed by atoms with Gasteiger partial charge < -0.3 is 59.1 Å². The van der Waals surface area contributed by atoms with Gasteiger partial charge in [0.25, 0.3) is 0 Å². The maximum Gasteiger partial charge on any atom is 0.222 e. The van der Waals surface area contributed by atoms with Crippen LogP contribution in [0.5, 0.6) is 0 Å². The molecule has 2 aromatic rings. The molecule has 12 nitrogen and oxygen atoms in total. The van der Waals surface area contributed by atoms with Crippen molar-refractivity contribution in [2.75, 3.05) is 26.4 Å². The molecule has 6 N–H and O–H groups in total. The Balaban J connectivity index is 1.22. The van der Waals surface area contributed by atoms with E-state index in [-0.39, 0.29) is 26.4 Å². The van der Waals surface area contributed by atoms with Crippen LogP contribution in [0.2, 0.25) is 0 Å². The molecule has 2 spiro atoms. The molecular formula is C28H36O12. The first-order chi connectivity index (χ1) is 19.2. The van der Waals surface area contributed by atoms with Crippen LogP contribution in [0.25, 0.3) is 0 Å². The van der Waals surface area contributed by atoms with Crippen LogP contribution in [0, 0.1) is 0 Å². The molecule has 12 heteroatoms. The summed E-state index contributed by atoms with van der Waals surface area (Å²) in [5, 5.41) is 63.7. The van der Waals surface area contributed by atoms with Crippen molar-refractivity contribution in [3.63, 3.8) is 0 Å². The van der Waals surface area contributed by atoms with Gasteiger partial charge in [0.1, 0.15) is 62.0 Å². The Morgan fingerprint density at radius 3 is 1.30 bits per heavy atom. The monoisotopic (exact) mass is 564 g/mol. The number of rotatable bonds is 8. The van der Waals surface area contributed by atoms with E-state index in [0.29, 0.717) is 0 Å². The standard InChI is InChI=1S/C28H36O12/c29-21-19(13-35-11-17-7-3-1-4-8-17)39-27(25(33)23(21)31)15-38-28(16-37-27)26(34)24(32)22(30)20(40-28)14-36-12-18-9-5-2-6-10-18/h1-10,19-26,29-34H,11-16H2/t19-,20-,21-,22-,23+,24+,25+,26+,27+,28+/m1/s1. The molecule has 0 radical (unpaired) electrons. The Kier molecular flexibility index (Phi) is 9.17. The Bertz CT molecular complexity index is 978. The lowest BCUT2D eigenvalue weighted by atomic mass is 9.89. The van der Waals surface area contributed by atoms with E-state index >= 15 is 0 Å². The number of aliphatic hydroxyl groups excluding tert-OH is 6. The largest absolute Gasteiger partial charge is 0.387 e. The highest BCUT2D eigenvalue weighted by Gasteiger charge is 2.63. The lowest BCUT2D eigenvalue weighted by Gasteiger charge is -2.56. The molecule has 3 aliphatic rings. The third-order valence-electron chi connectivity index (χ3n) is 7.53. The number of benzene rings is 2. The Labute approximate surface area is 231 Å². The highest BCUT2D eigenvalue weighted by atomic mass is 16.8. The summed E-state index contributed by atoms with van der Waals surface area (Å²) >= 11 is 0. The van der Waals surface area contributed by atoms with Crippen LogP contribution in [-0.2, 0) is 41.6 Å². The quantitative estimate of drug-likeness (QED) is 0.227. The second kappa shape index (κ2) is 12.4. The maximum absolute atomic E-state index is 10.8. The molecule has 3 fully saturated rings. The third kappa shape index (κ3) is 5.95. The number of hydrogen-bond acceptors (Lipinski definition) is 12. The van der Waals surface area contributed by atoms with E-state index in [1.165, 1.54) is 0 Å². The molecule has 0 unspecified atom stereocenters. The summed E-state index contributed by atoms with van der Waals surface area (Å²) in [4.78, 5) is 0. The van der Waals surface area contributed by atoms with Crippen LogP contribution in [-0.4, -0.2) is 117 Å². The molecule has 10 atom stereocenters. The lowest BCUT2D eigenvalue weighted by Crippen LogP contribution is -2.75. The second-order valence-electron chi connectivity index (χ2n) is 10.4. The average molecular weight is 565 g/mol. The normalized spacial score (nSPS) is 40.0. The fraction of sp³-hybridized carbons (Fsp3) is 0.571. The zero-order valence-corrected chi connectivity index (χ0v) is 21.8. The number of hydrogen-bond donors (Lipinski definition) is 6. The smallest absolute Gasteiger partial charge is 0.222 e. The molecule has 3 heterocycles. The third-order valence-corrected chi connectivity index (χ3v) is 7.53. The molecule has 0 saturated carbocycles. The molecule has 0 amide bonds. The summed E-state index contributed by atoms with van der Waals surface area (Å²) in [6.07, 6.45) is -11.9. The molecule has 2 aromatic carbocycles. The fourth-order valence-corrected chi connectivity index (χ4v) is 5.13. The van der Waals surface area contributed by atoms with E-state index in [1.54, 1.807) is 0 Å². The van der Waals surface area contributed by atoms with E-state index in [2.05, 4.69) is 0 Å². The van der Waals surface area contributed by atoms with E-state index in [4.69, 9.17) is 28.4 Å². The molecular weight excluding hydrogens is 528 g/mol. The van der Waals surface area contributed by atoms with Gasteiger partial charge in [0.05, 0.1) is 26.4 Å². The molecule has 5 rings (SSSR count).